The van der Waals surface area contributed by atoms with Crippen LogP contribution in [0, 0.1) is 23.7 Å². The van der Waals surface area contributed by atoms with Crippen LogP contribution in [-0.2, 0) is 22.1 Å². The zero-order chi connectivity index (χ0) is 16.2. The van der Waals surface area contributed by atoms with Crippen LogP contribution >= 0.6 is 0 Å². The Hall–Kier alpha value is -1.56. The second-order valence-electron chi connectivity index (χ2n) is 6.86. The lowest BCUT2D eigenvalue weighted by atomic mass is 9.89. The molecule has 1 aromatic rings. The zero-order valence-corrected chi connectivity index (χ0v) is 12.6. The number of carbonyl (C=O) groups is 1. The number of ether oxygens (including phenoxy) is 1. The van der Waals surface area contributed by atoms with Crippen LogP contribution in [0.25, 0.3) is 0 Å². The molecule has 0 aromatic heterocycles. The summed E-state index contributed by atoms with van der Waals surface area (Å²) in [5.41, 5.74) is -0.229. The maximum Gasteiger partial charge on any atom is 0.416 e. The van der Waals surface area contributed by atoms with Gasteiger partial charge in [-0.1, -0.05) is 18.2 Å². The van der Waals surface area contributed by atoms with Crippen molar-refractivity contribution < 1.29 is 22.7 Å². The van der Waals surface area contributed by atoms with Crippen molar-refractivity contribution in [2.75, 3.05) is 26.3 Å². The van der Waals surface area contributed by atoms with E-state index in [9.17, 15) is 18.0 Å². The van der Waals surface area contributed by atoms with Crippen molar-refractivity contribution in [3.63, 3.8) is 0 Å². The maximum atomic E-state index is 13.0. The first kappa shape index (κ1) is 15.0. The average Bonchev–Trinajstić information content (AvgIpc) is 2.94. The van der Waals surface area contributed by atoms with E-state index < -0.39 is 11.7 Å². The molecule has 3 atom stereocenters. The standard InChI is InChI=1S/C17H18F3NO2/c18-17(19,20)14-4-2-1-3-11(14)5-10-6-21(7-10)16(22)15-12-8-23-9-13(12)15/h1-4,10,12-13,15H,5-9H2/t12-,13+,15?. The molecule has 3 nitrogen and oxygen atoms in total. The van der Waals surface area contributed by atoms with Gasteiger partial charge in [-0.25, -0.2) is 0 Å². The number of rotatable bonds is 3. The molecule has 2 aliphatic heterocycles. The van der Waals surface area contributed by atoms with Crippen molar-refractivity contribution in [1.29, 1.82) is 0 Å². The van der Waals surface area contributed by atoms with Crippen LogP contribution in [-0.4, -0.2) is 37.1 Å². The third-order valence-electron chi connectivity index (χ3n) is 5.34. The molecular weight excluding hydrogens is 307 g/mol. The Bertz CT molecular complexity index is 615. The number of halogens is 3. The van der Waals surface area contributed by atoms with E-state index in [0.717, 1.165) is 6.07 Å². The lowest BCUT2D eigenvalue weighted by molar-refractivity contribution is -0.142. The van der Waals surface area contributed by atoms with Crippen LogP contribution in [0.15, 0.2) is 24.3 Å². The summed E-state index contributed by atoms with van der Waals surface area (Å²) in [6.07, 6.45) is -3.94. The molecule has 1 aromatic carbocycles. The molecule has 1 saturated carbocycles. The van der Waals surface area contributed by atoms with Gasteiger partial charge < -0.3 is 9.64 Å². The van der Waals surface area contributed by atoms with Crippen molar-refractivity contribution in [1.82, 2.24) is 4.90 Å². The van der Waals surface area contributed by atoms with Gasteiger partial charge in [0.05, 0.1) is 18.8 Å². The fourth-order valence-electron chi connectivity index (χ4n) is 3.98. The molecule has 0 bridgehead atoms. The van der Waals surface area contributed by atoms with Gasteiger partial charge in [0.2, 0.25) is 5.91 Å². The molecule has 1 aliphatic carbocycles. The molecule has 3 aliphatic rings. The molecule has 4 rings (SSSR count). The van der Waals surface area contributed by atoms with Crippen molar-refractivity contribution in [2.45, 2.75) is 12.6 Å². The molecule has 0 N–H and O–H groups in total. The normalized spacial score (nSPS) is 30.0. The van der Waals surface area contributed by atoms with Gasteiger partial charge in [-0.15, -0.1) is 0 Å². The topological polar surface area (TPSA) is 29.5 Å². The van der Waals surface area contributed by atoms with Gasteiger partial charge in [-0.3, -0.25) is 4.79 Å². The number of carbonyl (C=O) groups excluding carboxylic acids is 1. The lowest BCUT2D eigenvalue weighted by Gasteiger charge is -2.40. The number of likely N-dealkylation sites (tertiary alicyclic amines) is 1. The minimum Gasteiger partial charge on any atom is -0.381 e. The van der Waals surface area contributed by atoms with E-state index in [1.807, 2.05) is 0 Å². The molecule has 124 valence electrons. The number of fused-ring (bicyclic) bond motifs is 1. The predicted octanol–water partition coefficient (Wildman–Crippen LogP) is 2.60. The van der Waals surface area contributed by atoms with E-state index in [2.05, 4.69) is 0 Å². The molecule has 0 spiro atoms. The fourth-order valence-corrected chi connectivity index (χ4v) is 3.98. The van der Waals surface area contributed by atoms with Crippen LogP contribution in [0.2, 0.25) is 0 Å². The number of amides is 1. The van der Waals surface area contributed by atoms with E-state index in [0.29, 0.717) is 50.1 Å². The average molecular weight is 325 g/mol. The van der Waals surface area contributed by atoms with E-state index in [-0.39, 0.29) is 17.7 Å². The van der Waals surface area contributed by atoms with Crippen LogP contribution < -0.4 is 0 Å². The van der Waals surface area contributed by atoms with Crippen LogP contribution in [0.5, 0.6) is 0 Å². The number of hydrogen-bond donors (Lipinski definition) is 0. The number of nitrogens with zero attached hydrogens (tertiary/aromatic N) is 1. The van der Waals surface area contributed by atoms with Crippen LogP contribution in [0.1, 0.15) is 11.1 Å². The Kier molecular flexibility index (Phi) is 3.41. The second kappa shape index (κ2) is 5.23. The van der Waals surface area contributed by atoms with E-state index in [1.54, 1.807) is 11.0 Å². The van der Waals surface area contributed by atoms with Crippen LogP contribution in [0.3, 0.4) is 0 Å². The first-order valence-electron chi connectivity index (χ1n) is 7.97. The van der Waals surface area contributed by atoms with Crippen molar-refractivity contribution in [3.8, 4) is 0 Å². The van der Waals surface area contributed by atoms with Crippen molar-refractivity contribution in [3.05, 3.63) is 35.4 Å². The Morgan fingerprint density at radius 3 is 2.48 bits per heavy atom. The summed E-state index contributed by atoms with van der Waals surface area (Å²) in [4.78, 5) is 14.1. The first-order chi connectivity index (χ1) is 10.9. The summed E-state index contributed by atoms with van der Waals surface area (Å²) in [6, 6.07) is 5.71. The summed E-state index contributed by atoms with van der Waals surface area (Å²) < 4.78 is 44.3. The molecule has 1 amide bonds. The van der Waals surface area contributed by atoms with Gasteiger partial charge in [0.15, 0.2) is 0 Å². The SMILES string of the molecule is O=C(C1[C@H]2COC[C@@H]12)N1CC(Cc2ccccc2C(F)(F)F)C1. The van der Waals surface area contributed by atoms with E-state index >= 15 is 0 Å². The first-order valence-corrected chi connectivity index (χ1v) is 7.97. The Morgan fingerprint density at radius 1 is 1.17 bits per heavy atom. The third kappa shape index (κ3) is 2.63. The minimum atomic E-state index is -4.32. The highest BCUT2D eigenvalue weighted by molar-refractivity contribution is 5.83. The summed E-state index contributed by atoms with van der Waals surface area (Å²) >= 11 is 0. The van der Waals surface area contributed by atoms with Gasteiger partial charge in [0.1, 0.15) is 0 Å². The van der Waals surface area contributed by atoms with Gasteiger partial charge in [0, 0.05) is 19.0 Å². The Morgan fingerprint density at radius 2 is 1.83 bits per heavy atom. The number of alkyl halides is 3. The molecule has 6 heteroatoms. The fraction of sp³-hybridized carbons (Fsp3) is 0.588. The van der Waals surface area contributed by atoms with Gasteiger partial charge >= 0.3 is 6.18 Å². The zero-order valence-electron chi connectivity index (χ0n) is 12.6. The number of benzene rings is 1. The minimum absolute atomic E-state index is 0.104. The highest BCUT2D eigenvalue weighted by atomic mass is 19.4. The Labute approximate surface area is 132 Å². The van der Waals surface area contributed by atoms with Crippen molar-refractivity contribution >= 4 is 5.91 Å². The summed E-state index contributed by atoms with van der Waals surface area (Å²) in [7, 11) is 0. The monoisotopic (exact) mass is 325 g/mol. The molecule has 2 heterocycles. The Balaban J connectivity index is 1.34. The molecule has 23 heavy (non-hydrogen) atoms. The molecule has 3 fully saturated rings. The predicted molar refractivity (Wildman–Crippen MR) is 76.5 cm³/mol. The lowest BCUT2D eigenvalue weighted by Crippen LogP contribution is -2.52. The van der Waals surface area contributed by atoms with E-state index in [4.69, 9.17) is 4.74 Å². The number of hydrogen-bond acceptors (Lipinski definition) is 2. The quantitative estimate of drug-likeness (QED) is 0.855. The molecule has 2 saturated heterocycles. The molecule has 0 radical (unpaired) electrons. The maximum absolute atomic E-state index is 13.0. The third-order valence-corrected chi connectivity index (χ3v) is 5.34. The van der Waals surface area contributed by atoms with Gasteiger partial charge in [-0.2, -0.15) is 13.2 Å². The van der Waals surface area contributed by atoms with Gasteiger partial charge in [-0.05, 0) is 35.8 Å². The van der Waals surface area contributed by atoms with Crippen LogP contribution in [0.4, 0.5) is 13.2 Å². The summed E-state index contributed by atoms with van der Waals surface area (Å²) in [6.45, 7) is 2.50. The highest BCUT2D eigenvalue weighted by Crippen LogP contribution is 2.52. The molecule has 1 unspecified atom stereocenters. The van der Waals surface area contributed by atoms with Crippen molar-refractivity contribution in [2.24, 2.45) is 23.7 Å². The highest BCUT2D eigenvalue weighted by Gasteiger charge is 2.59. The largest absolute Gasteiger partial charge is 0.416 e. The summed E-state index contributed by atoms with van der Waals surface area (Å²) in [5.74, 6) is 1.16. The smallest absolute Gasteiger partial charge is 0.381 e. The van der Waals surface area contributed by atoms with Gasteiger partial charge in [0.25, 0.3) is 0 Å². The second-order valence-corrected chi connectivity index (χ2v) is 6.86. The van der Waals surface area contributed by atoms with E-state index in [1.165, 1.54) is 12.1 Å². The summed E-state index contributed by atoms with van der Waals surface area (Å²) in [5, 5.41) is 0. The molecular formula is C17H18F3NO2.